The summed E-state index contributed by atoms with van der Waals surface area (Å²) in [5.41, 5.74) is 0. The van der Waals surface area contributed by atoms with E-state index in [2.05, 4.69) is 38.1 Å². The fourth-order valence-corrected chi connectivity index (χ4v) is 1.98. The Bertz CT molecular complexity index is 441. The summed E-state index contributed by atoms with van der Waals surface area (Å²) < 4.78 is 6.04. The van der Waals surface area contributed by atoms with Crippen molar-refractivity contribution in [3.8, 4) is 0 Å². The van der Waals surface area contributed by atoms with Gasteiger partial charge in [0.05, 0.1) is 12.0 Å². The molecular weight excluding hydrogens is 329 g/mol. The number of rotatable bonds is 2. The molecule has 1 fully saturated rings. The van der Waals surface area contributed by atoms with Gasteiger partial charge in [0, 0.05) is 0 Å². The molecule has 0 aromatic carbocycles. The lowest BCUT2D eigenvalue weighted by atomic mass is 10.5. The van der Waals surface area contributed by atoms with Crippen LogP contribution in [0.2, 0.25) is 0 Å². The number of thioether (sulfide) groups is 1. The highest BCUT2D eigenvalue weighted by Gasteiger charge is 2.15. The Morgan fingerprint density at radius 1 is 1.60 bits per heavy atom. The molecule has 1 aromatic heterocycles. The van der Waals surface area contributed by atoms with Gasteiger partial charge in [0.15, 0.2) is 8.93 Å². The van der Waals surface area contributed by atoms with Gasteiger partial charge in [0.25, 0.3) is 0 Å². The van der Waals surface area contributed by atoms with Crippen molar-refractivity contribution in [1.29, 1.82) is 0 Å². The summed E-state index contributed by atoms with van der Waals surface area (Å²) in [4.78, 5) is 10.8. The van der Waals surface area contributed by atoms with Gasteiger partial charge in [-0.1, -0.05) is 11.8 Å². The number of carbonyl (C=O) groups is 1. The number of nitrogens with zero attached hydrogens (tertiary/aromatic N) is 2. The van der Waals surface area contributed by atoms with Gasteiger partial charge >= 0.3 is 0 Å². The number of nitrogens with one attached hydrogen (secondary N) is 1. The average Bonchev–Trinajstić information content (AvgIpc) is 2.76. The van der Waals surface area contributed by atoms with Crippen LogP contribution < -0.4 is 5.32 Å². The summed E-state index contributed by atoms with van der Waals surface area (Å²) >= 11 is 3.40. The predicted octanol–water partition coefficient (Wildman–Crippen LogP) is 1.44. The fraction of sp³-hybridized carbons (Fsp3) is 0.125. The molecular formula is C8H6IN3O2S. The maximum absolute atomic E-state index is 10.8. The van der Waals surface area contributed by atoms with E-state index in [0.717, 1.165) is 3.77 Å². The van der Waals surface area contributed by atoms with Crippen LogP contribution in [0, 0.1) is 3.77 Å². The summed E-state index contributed by atoms with van der Waals surface area (Å²) in [6.45, 7) is 0. The summed E-state index contributed by atoms with van der Waals surface area (Å²) in [5, 5.41) is 10.7. The highest BCUT2D eigenvalue weighted by molar-refractivity contribution is 14.1. The molecule has 0 saturated carbocycles. The lowest BCUT2D eigenvalue weighted by Gasteiger charge is -1.88. The Morgan fingerprint density at radius 3 is 3.07 bits per heavy atom. The van der Waals surface area contributed by atoms with Crippen molar-refractivity contribution in [2.24, 2.45) is 10.2 Å². The SMILES string of the molecule is O=C1CS/C(=N/N=Cc2ccc(I)o2)N1. The van der Waals surface area contributed by atoms with E-state index < -0.39 is 0 Å². The van der Waals surface area contributed by atoms with E-state index >= 15 is 0 Å². The van der Waals surface area contributed by atoms with Crippen LogP contribution in [0.25, 0.3) is 0 Å². The van der Waals surface area contributed by atoms with Gasteiger partial charge in [-0.15, -0.1) is 5.10 Å². The lowest BCUT2D eigenvalue weighted by Crippen LogP contribution is -2.19. The molecule has 0 spiro atoms. The topological polar surface area (TPSA) is 67.0 Å². The average molecular weight is 335 g/mol. The van der Waals surface area contributed by atoms with Crippen LogP contribution in [0.3, 0.4) is 0 Å². The van der Waals surface area contributed by atoms with Gasteiger partial charge < -0.3 is 9.73 Å². The van der Waals surface area contributed by atoms with Crippen molar-refractivity contribution >= 4 is 51.6 Å². The Kier molecular flexibility index (Phi) is 3.41. The van der Waals surface area contributed by atoms with Gasteiger partial charge in [-0.2, -0.15) is 5.10 Å². The van der Waals surface area contributed by atoms with Gasteiger partial charge in [-0.05, 0) is 34.7 Å². The number of amides is 1. The van der Waals surface area contributed by atoms with E-state index in [1.165, 1.54) is 18.0 Å². The summed E-state index contributed by atoms with van der Waals surface area (Å²) in [6.07, 6.45) is 1.50. The number of furan rings is 1. The van der Waals surface area contributed by atoms with Gasteiger partial charge in [-0.3, -0.25) is 4.79 Å². The Balaban J connectivity index is 1.98. The molecule has 1 saturated heterocycles. The molecule has 5 nitrogen and oxygen atoms in total. The number of halogens is 1. The first-order valence-corrected chi connectivity index (χ1v) is 6.09. The third-order valence-electron chi connectivity index (χ3n) is 1.51. The molecule has 1 amide bonds. The molecule has 1 aromatic rings. The quantitative estimate of drug-likeness (QED) is 0.505. The van der Waals surface area contributed by atoms with Gasteiger partial charge in [0.2, 0.25) is 5.91 Å². The van der Waals surface area contributed by atoms with Gasteiger partial charge in [-0.25, -0.2) is 0 Å². The molecule has 7 heteroatoms. The zero-order chi connectivity index (χ0) is 10.7. The van der Waals surface area contributed by atoms with Crippen molar-refractivity contribution in [3.63, 3.8) is 0 Å². The normalized spacial score (nSPS) is 19.0. The number of hydrogen-bond donors (Lipinski definition) is 1. The molecule has 0 bridgehead atoms. The van der Waals surface area contributed by atoms with Crippen LogP contribution in [0.1, 0.15) is 5.76 Å². The van der Waals surface area contributed by atoms with E-state index in [4.69, 9.17) is 4.42 Å². The first-order chi connectivity index (χ1) is 7.24. The number of hydrogen-bond acceptors (Lipinski definition) is 5. The van der Waals surface area contributed by atoms with Crippen molar-refractivity contribution in [2.45, 2.75) is 0 Å². The second-order valence-electron chi connectivity index (χ2n) is 2.63. The smallest absolute Gasteiger partial charge is 0.236 e. The minimum atomic E-state index is -0.0403. The van der Waals surface area contributed by atoms with E-state index in [9.17, 15) is 4.79 Å². The van der Waals surface area contributed by atoms with Crippen LogP contribution in [0.15, 0.2) is 26.8 Å². The third kappa shape index (κ3) is 3.06. The van der Waals surface area contributed by atoms with Crippen LogP contribution in [-0.4, -0.2) is 23.0 Å². The molecule has 0 aliphatic carbocycles. The predicted molar refractivity (Wildman–Crippen MR) is 67.1 cm³/mol. The molecule has 15 heavy (non-hydrogen) atoms. The van der Waals surface area contributed by atoms with E-state index in [1.807, 2.05) is 6.07 Å². The molecule has 1 aliphatic rings. The highest BCUT2D eigenvalue weighted by atomic mass is 127. The highest BCUT2D eigenvalue weighted by Crippen LogP contribution is 2.10. The zero-order valence-corrected chi connectivity index (χ0v) is 10.4. The fourth-order valence-electron chi connectivity index (χ4n) is 0.915. The Hall–Kier alpha value is -0.830. The molecule has 78 valence electrons. The first-order valence-electron chi connectivity index (χ1n) is 4.03. The minimum absolute atomic E-state index is 0.0403. The van der Waals surface area contributed by atoms with E-state index in [-0.39, 0.29) is 5.91 Å². The summed E-state index contributed by atoms with van der Waals surface area (Å²) in [5.74, 6) is 1.01. The van der Waals surface area contributed by atoms with E-state index in [0.29, 0.717) is 16.7 Å². The molecule has 1 N–H and O–H groups in total. The largest absolute Gasteiger partial charge is 0.449 e. The summed E-state index contributed by atoms with van der Waals surface area (Å²) in [6, 6.07) is 3.63. The van der Waals surface area contributed by atoms with E-state index in [1.54, 1.807) is 6.07 Å². The molecule has 2 rings (SSSR count). The molecule has 0 atom stereocenters. The van der Waals surface area contributed by atoms with Crippen molar-refractivity contribution in [1.82, 2.24) is 5.32 Å². The molecule has 2 heterocycles. The van der Waals surface area contributed by atoms with Crippen molar-refractivity contribution in [2.75, 3.05) is 5.75 Å². The lowest BCUT2D eigenvalue weighted by molar-refractivity contribution is -0.116. The Labute approximate surface area is 104 Å². The van der Waals surface area contributed by atoms with Gasteiger partial charge in [0.1, 0.15) is 5.76 Å². The maximum atomic E-state index is 10.8. The van der Waals surface area contributed by atoms with Crippen LogP contribution >= 0.6 is 34.4 Å². The van der Waals surface area contributed by atoms with Crippen LogP contribution in [0.5, 0.6) is 0 Å². The second-order valence-corrected chi connectivity index (χ2v) is 4.66. The van der Waals surface area contributed by atoms with Crippen molar-refractivity contribution < 1.29 is 9.21 Å². The zero-order valence-electron chi connectivity index (χ0n) is 7.44. The molecule has 1 aliphatic heterocycles. The third-order valence-corrected chi connectivity index (χ3v) is 2.96. The standard InChI is InChI=1S/C8H6IN3O2S/c9-6-2-1-5(14-6)3-10-12-8-11-7(13)4-15-8/h1-3H,4H2,(H,11,12,13). The summed E-state index contributed by atoms with van der Waals surface area (Å²) in [7, 11) is 0. The second kappa shape index (κ2) is 4.79. The minimum Gasteiger partial charge on any atom is -0.449 e. The first kappa shape index (κ1) is 10.7. The monoisotopic (exact) mass is 335 g/mol. The number of carbonyl (C=O) groups excluding carboxylic acids is 1. The molecule has 0 radical (unpaired) electrons. The van der Waals surface area contributed by atoms with Crippen LogP contribution in [0.4, 0.5) is 0 Å². The van der Waals surface area contributed by atoms with Crippen molar-refractivity contribution in [3.05, 3.63) is 21.7 Å². The molecule has 0 unspecified atom stereocenters. The maximum Gasteiger partial charge on any atom is 0.236 e. The Morgan fingerprint density at radius 2 is 2.47 bits per heavy atom. The van der Waals surface area contributed by atoms with Crippen LogP contribution in [-0.2, 0) is 4.79 Å². The number of amidine groups is 1.